The topological polar surface area (TPSA) is 98.5 Å². The number of ether oxygens (including phenoxy) is 1. The standard InChI is InChI=1S/C14H15N5O3S2/c1-22-10-4-6-11(7-5-10)24(20,21)15-8-12-18-19-13(9-2-3-9)16-17-14(19)23-12/h4-7,9,15H,2-3,8H2,1H3. The number of sulfonamides is 1. The second kappa shape index (κ2) is 5.80. The first-order chi connectivity index (χ1) is 11.6. The van der Waals surface area contributed by atoms with Gasteiger partial charge < -0.3 is 4.74 Å². The highest BCUT2D eigenvalue weighted by atomic mass is 32.2. The minimum atomic E-state index is -3.60. The van der Waals surface area contributed by atoms with Gasteiger partial charge in [0.05, 0.1) is 18.6 Å². The Hall–Kier alpha value is -2.04. The summed E-state index contributed by atoms with van der Waals surface area (Å²) in [4.78, 5) is 0.875. The Morgan fingerprint density at radius 2 is 2.04 bits per heavy atom. The third kappa shape index (κ3) is 2.87. The van der Waals surface area contributed by atoms with Crippen molar-refractivity contribution in [1.82, 2.24) is 24.5 Å². The van der Waals surface area contributed by atoms with Gasteiger partial charge in [-0.05, 0) is 37.1 Å². The van der Waals surface area contributed by atoms with Gasteiger partial charge in [0.1, 0.15) is 10.8 Å². The zero-order chi connectivity index (χ0) is 16.7. The van der Waals surface area contributed by atoms with Crippen molar-refractivity contribution in [3.8, 4) is 5.75 Å². The maximum absolute atomic E-state index is 12.3. The van der Waals surface area contributed by atoms with Gasteiger partial charge in [-0.2, -0.15) is 9.61 Å². The van der Waals surface area contributed by atoms with Gasteiger partial charge in [-0.3, -0.25) is 0 Å². The Morgan fingerprint density at radius 1 is 1.29 bits per heavy atom. The Balaban J connectivity index is 1.50. The van der Waals surface area contributed by atoms with Gasteiger partial charge in [0.15, 0.2) is 5.82 Å². The number of hydrogen-bond donors (Lipinski definition) is 1. The first-order valence-corrected chi connectivity index (χ1v) is 9.71. The van der Waals surface area contributed by atoms with Crippen LogP contribution in [-0.2, 0) is 16.6 Å². The predicted molar refractivity (Wildman–Crippen MR) is 87.7 cm³/mol. The largest absolute Gasteiger partial charge is 0.497 e. The number of aromatic nitrogens is 4. The minimum Gasteiger partial charge on any atom is -0.497 e. The molecule has 0 radical (unpaired) electrons. The highest BCUT2D eigenvalue weighted by Crippen LogP contribution is 2.39. The molecule has 0 atom stereocenters. The summed E-state index contributed by atoms with van der Waals surface area (Å²) >= 11 is 1.34. The lowest BCUT2D eigenvalue weighted by atomic mass is 10.3. The van der Waals surface area contributed by atoms with Crippen LogP contribution in [0, 0.1) is 0 Å². The number of nitrogens with zero attached hydrogens (tertiary/aromatic N) is 4. The van der Waals surface area contributed by atoms with Gasteiger partial charge in [-0.1, -0.05) is 11.3 Å². The third-order valence-electron chi connectivity index (χ3n) is 3.78. The van der Waals surface area contributed by atoms with Crippen LogP contribution < -0.4 is 9.46 Å². The minimum absolute atomic E-state index is 0.118. The Morgan fingerprint density at radius 3 is 2.71 bits per heavy atom. The molecule has 24 heavy (non-hydrogen) atoms. The molecule has 126 valence electrons. The molecule has 10 heteroatoms. The van der Waals surface area contributed by atoms with Gasteiger partial charge in [0.2, 0.25) is 15.0 Å². The van der Waals surface area contributed by atoms with Gasteiger partial charge >= 0.3 is 0 Å². The van der Waals surface area contributed by atoms with Gasteiger partial charge in [0, 0.05) is 5.92 Å². The van der Waals surface area contributed by atoms with Crippen LogP contribution in [0.2, 0.25) is 0 Å². The van der Waals surface area contributed by atoms with Crippen molar-refractivity contribution in [3.05, 3.63) is 35.1 Å². The summed E-state index contributed by atoms with van der Waals surface area (Å²) in [7, 11) is -2.07. The van der Waals surface area contributed by atoms with Crippen LogP contribution in [0.3, 0.4) is 0 Å². The molecule has 1 aliphatic rings. The van der Waals surface area contributed by atoms with Crippen LogP contribution in [0.4, 0.5) is 0 Å². The molecule has 0 bridgehead atoms. The highest BCUT2D eigenvalue weighted by molar-refractivity contribution is 7.89. The summed E-state index contributed by atoms with van der Waals surface area (Å²) in [5, 5.41) is 13.3. The number of benzene rings is 1. The number of fused-ring (bicyclic) bond motifs is 1. The second-order valence-electron chi connectivity index (χ2n) is 5.52. The summed E-state index contributed by atoms with van der Waals surface area (Å²) in [6.07, 6.45) is 2.22. The zero-order valence-corrected chi connectivity index (χ0v) is 14.5. The molecule has 3 aromatic rings. The van der Waals surface area contributed by atoms with E-state index in [9.17, 15) is 8.42 Å². The molecule has 0 amide bonds. The van der Waals surface area contributed by atoms with E-state index in [-0.39, 0.29) is 11.4 Å². The average molecular weight is 365 g/mol. The predicted octanol–water partition coefficient (Wildman–Crippen LogP) is 1.55. The smallest absolute Gasteiger partial charge is 0.240 e. The fourth-order valence-electron chi connectivity index (χ4n) is 2.33. The van der Waals surface area contributed by atoms with Crippen molar-refractivity contribution in [2.24, 2.45) is 0 Å². The van der Waals surface area contributed by atoms with Crippen molar-refractivity contribution in [2.75, 3.05) is 7.11 Å². The second-order valence-corrected chi connectivity index (χ2v) is 8.33. The molecule has 8 nitrogen and oxygen atoms in total. The summed E-state index contributed by atoms with van der Waals surface area (Å²) in [6.45, 7) is 0.118. The van der Waals surface area contributed by atoms with Gasteiger partial charge in [0.25, 0.3) is 0 Å². The van der Waals surface area contributed by atoms with E-state index in [1.165, 1.54) is 30.6 Å². The summed E-state index contributed by atoms with van der Waals surface area (Å²) in [6, 6.07) is 6.23. The SMILES string of the molecule is COc1ccc(S(=O)(=O)NCc2nn3c(C4CC4)nnc3s2)cc1. The van der Waals surface area contributed by atoms with Crippen molar-refractivity contribution in [2.45, 2.75) is 30.2 Å². The molecule has 1 fully saturated rings. The first kappa shape index (κ1) is 15.5. The Labute approximate surface area is 142 Å². The fourth-order valence-corrected chi connectivity index (χ4v) is 4.19. The molecule has 0 aliphatic heterocycles. The van der Waals surface area contributed by atoms with Gasteiger partial charge in [-0.15, -0.1) is 10.2 Å². The van der Waals surface area contributed by atoms with E-state index in [1.54, 1.807) is 16.6 Å². The van der Waals surface area contributed by atoms with Crippen LogP contribution >= 0.6 is 11.3 Å². The van der Waals surface area contributed by atoms with Crippen LogP contribution in [0.1, 0.15) is 29.6 Å². The fraction of sp³-hybridized carbons (Fsp3) is 0.357. The van der Waals surface area contributed by atoms with E-state index in [1.807, 2.05) is 0 Å². The number of nitrogens with one attached hydrogen (secondary N) is 1. The molecular weight excluding hydrogens is 350 g/mol. The highest BCUT2D eigenvalue weighted by Gasteiger charge is 2.30. The van der Waals surface area contributed by atoms with E-state index < -0.39 is 10.0 Å². The molecule has 0 saturated heterocycles. The molecule has 1 saturated carbocycles. The van der Waals surface area contributed by atoms with Crippen molar-refractivity contribution in [1.29, 1.82) is 0 Å². The van der Waals surface area contributed by atoms with Crippen molar-refractivity contribution >= 4 is 26.3 Å². The van der Waals surface area contributed by atoms with Crippen LogP contribution in [-0.4, -0.2) is 35.3 Å². The van der Waals surface area contributed by atoms with Crippen LogP contribution in [0.15, 0.2) is 29.2 Å². The average Bonchev–Trinajstić information content (AvgIpc) is 3.22. The third-order valence-corrected chi connectivity index (χ3v) is 6.10. The molecule has 1 aliphatic carbocycles. The van der Waals surface area contributed by atoms with Crippen LogP contribution in [0.5, 0.6) is 5.75 Å². The summed E-state index contributed by atoms with van der Waals surface area (Å²) in [5.74, 6) is 1.91. The molecule has 4 rings (SSSR count). The quantitative estimate of drug-likeness (QED) is 0.712. The first-order valence-electron chi connectivity index (χ1n) is 7.41. The molecule has 1 N–H and O–H groups in total. The van der Waals surface area contributed by atoms with Crippen LogP contribution in [0.25, 0.3) is 4.96 Å². The molecular formula is C14H15N5O3S2. The zero-order valence-electron chi connectivity index (χ0n) is 12.8. The molecule has 2 heterocycles. The monoisotopic (exact) mass is 365 g/mol. The van der Waals surface area contributed by atoms with E-state index in [2.05, 4.69) is 20.0 Å². The van der Waals surface area contributed by atoms with Gasteiger partial charge in [-0.25, -0.2) is 13.1 Å². The lowest BCUT2D eigenvalue weighted by molar-refractivity contribution is 0.414. The lowest BCUT2D eigenvalue weighted by Crippen LogP contribution is -2.23. The van der Waals surface area contributed by atoms with E-state index in [0.29, 0.717) is 21.6 Å². The molecule has 1 aromatic carbocycles. The van der Waals surface area contributed by atoms with E-state index in [0.717, 1.165) is 18.7 Å². The number of rotatable bonds is 6. The molecule has 0 unspecified atom stereocenters. The normalized spacial score (nSPS) is 15.0. The summed E-state index contributed by atoms with van der Waals surface area (Å²) in [5.41, 5.74) is 0. The number of methoxy groups -OCH3 is 1. The van der Waals surface area contributed by atoms with E-state index in [4.69, 9.17) is 4.74 Å². The Bertz CT molecular complexity index is 974. The maximum atomic E-state index is 12.3. The lowest BCUT2D eigenvalue weighted by Gasteiger charge is -2.06. The van der Waals surface area contributed by atoms with Crippen molar-refractivity contribution in [3.63, 3.8) is 0 Å². The molecule has 2 aromatic heterocycles. The maximum Gasteiger partial charge on any atom is 0.240 e. The van der Waals surface area contributed by atoms with Crippen molar-refractivity contribution < 1.29 is 13.2 Å². The van der Waals surface area contributed by atoms with E-state index >= 15 is 0 Å². The number of hydrogen-bond acceptors (Lipinski definition) is 7. The summed E-state index contributed by atoms with van der Waals surface area (Å²) < 4.78 is 34.0. The Kier molecular flexibility index (Phi) is 3.74. The molecule has 0 spiro atoms.